The van der Waals surface area contributed by atoms with Gasteiger partial charge in [-0.1, -0.05) is 13.3 Å². The molecule has 0 saturated carbocycles. The van der Waals surface area contributed by atoms with Crippen LogP contribution in [0.15, 0.2) is 9.98 Å². The number of likely N-dealkylation sites (N-methyl/N-ethyl adjacent to an activating group) is 1. The van der Waals surface area contributed by atoms with Crippen molar-refractivity contribution in [1.82, 2.24) is 4.90 Å². The maximum Gasteiger partial charge on any atom is 0.237 e. The first kappa shape index (κ1) is 12.7. The molecule has 0 amide bonds. The van der Waals surface area contributed by atoms with Crippen LogP contribution in [-0.4, -0.2) is 43.4 Å². The largest absolute Gasteiger partial charge is 0.302 e. The number of hydrogen-bond acceptors (Lipinski definition) is 5. The molecule has 1 atom stereocenters. The lowest BCUT2D eigenvalue weighted by Crippen LogP contribution is -2.36. The molecule has 0 heterocycles. The van der Waals surface area contributed by atoms with Crippen LogP contribution < -0.4 is 0 Å². The van der Waals surface area contributed by atoms with E-state index in [2.05, 4.69) is 9.98 Å². The van der Waals surface area contributed by atoms with Gasteiger partial charge in [-0.3, -0.25) is 0 Å². The van der Waals surface area contributed by atoms with E-state index in [4.69, 9.17) is 0 Å². The third kappa shape index (κ3) is 4.10. The molecule has 0 aromatic carbocycles. The molecule has 14 heavy (non-hydrogen) atoms. The zero-order chi connectivity index (χ0) is 11.0. The molecule has 0 N–H and O–H groups in total. The van der Waals surface area contributed by atoms with E-state index in [0.29, 0.717) is 0 Å². The summed E-state index contributed by atoms with van der Waals surface area (Å²) in [7, 11) is 3.71. The highest BCUT2D eigenvalue weighted by Gasteiger charge is 2.21. The third-order valence-electron chi connectivity index (χ3n) is 1.96. The minimum absolute atomic E-state index is 0.0529. The molecule has 0 rings (SSSR count). The van der Waals surface area contributed by atoms with Crippen molar-refractivity contribution in [3.05, 3.63) is 0 Å². The Morgan fingerprint density at radius 2 is 1.71 bits per heavy atom. The summed E-state index contributed by atoms with van der Waals surface area (Å²) < 4.78 is 0. The van der Waals surface area contributed by atoms with Crippen molar-refractivity contribution in [2.75, 3.05) is 14.1 Å². The van der Waals surface area contributed by atoms with Crippen molar-refractivity contribution >= 4 is 12.2 Å². The normalized spacial score (nSPS) is 14.0. The fourth-order valence-corrected chi connectivity index (χ4v) is 1.28. The zero-order valence-corrected chi connectivity index (χ0v) is 8.73. The summed E-state index contributed by atoms with van der Waals surface area (Å²) in [6.45, 7) is 2.02. The molecular formula is C9H15N3O2. The molecule has 0 aromatic heterocycles. The second-order valence-electron chi connectivity index (χ2n) is 3.17. The van der Waals surface area contributed by atoms with Gasteiger partial charge in [0.1, 0.15) is 0 Å². The molecule has 0 aromatic rings. The Morgan fingerprint density at radius 3 is 2.00 bits per heavy atom. The minimum Gasteiger partial charge on any atom is -0.302 e. The fraction of sp³-hybridized carbons (Fsp3) is 0.778. The van der Waals surface area contributed by atoms with E-state index in [-0.39, 0.29) is 6.04 Å². The Bertz CT molecular complexity index is 235. The van der Waals surface area contributed by atoms with Gasteiger partial charge in [0.15, 0.2) is 6.17 Å². The van der Waals surface area contributed by atoms with Gasteiger partial charge in [0.2, 0.25) is 12.2 Å². The van der Waals surface area contributed by atoms with Crippen molar-refractivity contribution in [3.8, 4) is 0 Å². The number of nitrogens with zero attached hydrogens (tertiary/aromatic N) is 3. The van der Waals surface area contributed by atoms with Crippen molar-refractivity contribution in [2.24, 2.45) is 9.98 Å². The first-order chi connectivity index (χ1) is 6.67. The molecule has 0 radical (unpaired) electrons. The van der Waals surface area contributed by atoms with Gasteiger partial charge in [-0.2, -0.15) is 9.98 Å². The molecule has 0 aliphatic heterocycles. The van der Waals surface area contributed by atoms with Gasteiger partial charge < -0.3 is 4.90 Å². The summed E-state index contributed by atoms with van der Waals surface area (Å²) in [5.74, 6) is 0. The molecule has 0 fully saturated rings. The molecule has 0 saturated heterocycles. The Morgan fingerprint density at radius 1 is 1.21 bits per heavy atom. The number of rotatable bonds is 6. The van der Waals surface area contributed by atoms with Gasteiger partial charge in [-0.15, -0.1) is 0 Å². The van der Waals surface area contributed by atoms with Gasteiger partial charge in [0.25, 0.3) is 0 Å². The van der Waals surface area contributed by atoms with E-state index < -0.39 is 6.17 Å². The average molecular weight is 197 g/mol. The standard InChI is InChI=1S/C9H15N3O2/c1-4-5-8(12(2)3)9(10-6-13)11-7-14/h8-9H,4-5H2,1-3H3. The van der Waals surface area contributed by atoms with Gasteiger partial charge in [0.05, 0.1) is 6.04 Å². The van der Waals surface area contributed by atoms with E-state index in [1.807, 2.05) is 25.9 Å². The van der Waals surface area contributed by atoms with Crippen molar-refractivity contribution < 1.29 is 9.59 Å². The molecule has 1 unspecified atom stereocenters. The quantitative estimate of drug-likeness (QED) is 0.465. The van der Waals surface area contributed by atoms with Crippen LogP contribution in [0.2, 0.25) is 0 Å². The Kier molecular flexibility index (Phi) is 6.50. The number of isocyanates is 2. The molecule has 0 aliphatic rings. The van der Waals surface area contributed by atoms with Crippen molar-refractivity contribution in [3.63, 3.8) is 0 Å². The van der Waals surface area contributed by atoms with Crippen LogP contribution in [0.3, 0.4) is 0 Å². The maximum atomic E-state index is 10.1. The third-order valence-corrected chi connectivity index (χ3v) is 1.96. The van der Waals surface area contributed by atoms with Gasteiger partial charge in [-0.05, 0) is 20.5 Å². The van der Waals surface area contributed by atoms with Gasteiger partial charge in [-0.25, -0.2) is 9.59 Å². The maximum absolute atomic E-state index is 10.1. The molecule has 0 spiro atoms. The predicted molar refractivity (Wildman–Crippen MR) is 52.4 cm³/mol. The molecule has 0 bridgehead atoms. The van der Waals surface area contributed by atoms with Crippen LogP contribution in [0, 0.1) is 0 Å². The van der Waals surface area contributed by atoms with E-state index in [0.717, 1.165) is 12.8 Å². The first-order valence-electron chi connectivity index (χ1n) is 4.47. The fourth-order valence-electron chi connectivity index (χ4n) is 1.28. The minimum atomic E-state index is -0.681. The zero-order valence-electron chi connectivity index (χ0n) is 8.73. The average Bonchev–Trinajstić information content (AvgIpc) is 2.13. The smallest absolute Gasteiger partial charge is 0.237 e. The summed E-state index contributed by atoms with van der Waals surface area (Å²) in [6.07, 6.45) is 3.91. The molecule has 0 aliphatic carbocycles. The first-order valence-corrected chi connectivity index (χ1v) is 4.47. The molecule has 5 heteroatoms. The SMILES string of the molecule is CCCC(C(N=C=O)N=C=O)N(C)C. The van der Waals surface area contributed by atoms with E-state index in [9.17, 15) is 9.59 Å². The topological polar surface area (TPSA) is 62.1 Å². The second kappa shape index (κ2) is 7.15. The molecular weight excluding hydrogens is 182 g/mol. The van der Waals surface area contributed by atoms with E-state index in [1.165, 1.54) is 12.2 Å². The summed E-state index contributed by atoms with van der Waals surface area (Å²) in [5.41, 5.74) is 0. The Labute approximate surface area is 83.5 Å². The monoisotopic (exact) mass is 197 g/mol. The van der Waals surface area contributed by atoms with Crippen LogP contribution in [0.1, 0.15) is 19.8 Å². The van der Waals surface area contributed by atoms with Crippen LogP contribution in [0.5, 0.6) is 0 Å². The predicted octanol–water partition coefficient (Wildman–Crippen LogP) is 0.714. The van der Waals surface area contributed by atoms with Crippen molar-refractivity contribution in [2.45, 2.75) is 32.0 Å². The molecule has 78 valence electrons. The van der Waals surface area contributed by atoms with E-state index >= 15 is 0 Å². The number of aliphatic imine (C=N–C) groups is 2. The van der Waals surface area contributed by atoms with Gasteiger partial charge >= 0.3 is 0 Å². The van der Waals surface area contributed by atoms with Crippen LogP contribution >= 0.6 is 0 Å². The Hall–Kier alpha value is -1.28. The summed E-state index contributed by atoms with van der Waals surface area (Å²) in [6, 6.07) is -0.0529. The van der Waals surface area contributed by atoms with Crippen LogP contribution in [-0.2, 0) is 9.59 Å². The highest BCUT2D eigenvalue weighted by molar-refractivity contribution is 5.37. The Balaban J connectivity index is 4.70. The summed E-state index contributed by atoms with van der Waals surface area (Å²) in [5, 5.41) is 0. The highest BCUT2D eigenvalue weighted by atomic mass is 16.1. The number of hydrogen-bond donors (Lipinski definition) is 0. The number of carbonyl (C=O) groups excluding carboxylic acids is 2. The lowest BCUT2D eigenvalue weighted by atomic mass is 10.1. The highest BCUT2D eigenvalue weighted by Crippen LogP contribution is 2.11. The van der Waals surface area contributed by atoms with Crippen LogP contribution in [0.4, 0.5) is 0 Å². The lowest BCUT2D eigenvalue weighted by molar-refractivity contribution is 0.242. The summed E-state index contributed by atoms with van der Waals surface area (Å²) >= 11 is 0. The lowest BCUT2D eigenvalue weighted by Gasteiger charge is -2.25. The van der Waals surface area contributed by atoms with Crippen molar-refractivity contribution in [1.29, 1.82) is 0 Å². The second-order valence-corrected chi connectivity index (χ2v) is 3.17. The molecule has 5 nitrogen and oxygen atoms in total. The van der Waals surface area contributed by atoms with Gasteiger partial charge in [0, 0.05) is 0 Å². The van der Waals surface area contributed by atoms with Crippen LogP contribution in [0.25, 0.3) is 0 Å². The van der Waals surface area contributed by atoms with E-state index in [1.54, 1.807) is 0 Å². The summed E-state index contributed by atoms with van der Waals surface area (Å²) in [4.78, 5) is 29.1.